The van der Waals surface area contributed by atoms with Gasteiger partial charge in [0.15, 0.2) is 0 Å². The Bertz CT molecular complexity index is 240. The van der Waals surface area contributed by atoms with Gasteiger partial charge in [0, 0.05) is 0 Å². The standard InChI is InChI=1S/C14H26O/c1-6-10(2)13(15)9-12-8-7-11(3)14(12,4)5/h7,10,12-13,15H,6,8-9H2,1-5H3. The van der Waals surface area contributed by atoms with Gasteiger partial charge in [0.1, 0.15) is 0 Å². The zero-order valence-electron chi connectivity index (χ0n) is 10.9. The van der Waals surface area contributed by atoms with Crippen LogP contribution < -0.4 is 0 Å². The second kappa shape index (κ2) is 4.69. The lowest BCUT2D eigenvalue weighted by atomic mass is 9.74. The fourth-order valence-electron chi connectivity index (χ4n) is 2.39. The summed E-state index contributed by atoms with van der Waals surface area (Å²) >= 11 is 0. The maximum absolute atomic E-state index is 10.1. The van der Waals surface area contributed by atoms with E-state index < -0.39 is 0 Å². The molecule has 0 spiro atoms. The molecule has 1 rings (SSSR count). The number of aliphatic hydroxyl groups is 1. The predicted molar refractivity (Wildman–Crippen MR) is 65.7 cm³/mol. The molecule has 0 saturated carbocycles. The third-order valence-corrected chi connectivity index (χ3v) is 4.57. The molecule has 0 aromatic heterocycles. The van der Waals surface area contributed by atoms with Crippen molar-refractivity contribution >= 4 is 0 Å². The van der Waals surface area contributed by atoms with E-state index in [1.165, 1.54) is 5.57 Å². The van der Waals surface area contributed by atoms with E-state index in [0.717, 1.165) is 19.3 Å². The summed E-state index contributed by atoms with van der Waals surface area (Å²) in [5, 5.41) is 10.1. The van der Waals surface area contributed by atoms with Gasteiger partial charge >= 0.3 is 0 Å². The molecule has 0 aliphatic heterocycles. The van der Waals surface area contributed by atoms with Crippen LogP contribution in [0.5, 0.6) is 0 Å². The average Bonchev–Trinajstić information content (AvgIpc) is 2.43. The summed E-state index contributed by atoms with van der Waals surface area (Å²) in [5.74, 6) is 1.06. The minimum Gasteiger partial charge on any atom is -0.393 e. The molecule has 1 aliphatic rings. The molecule has 0 aromatic carbocycles. The van der Waals surface area contributed by atoms with Crippen molar-refractivity contribution in [3.63, 3.8) is 0 Å². The van der Waals surface area contributed by atoms with Crippen molar-refractivity contribution in [2.75, 3.05) is 0 Å². The Morgan fingerprint density at radius 3 is 2.53 bits per heavy atom. The maximum atomic E-state index is 10.1. The molecule has 15 heavy (non-hydrogen) atoms. The summed E-state index contributed by atoms with van der Waals surface area (Å²) in [6.45, 7) is 11.1. The summed E-state index contributed by atoms with van der Waals surface area (Å²) in [4.78, 5) is 0. The van der Waals surface area contributed by atoms with E-state index in [-0.39, 0.29) is 11.5 Å². The van der Waals surface area contributed by atoms with E-state index in [0.29, 0.717) is 11.8 Å². The van der Waals surface area contributed by atoms with E-state index in [4.69, 9.17) is 0 Å². The molecule has 0 radical (unpaired) electrons. The van der Waals surface area contributed by atoms with Crippen molar-refractivity contribution in [2.24, 2.45) is 17.3 Å². The van der Waals surface area contributed by atoms with Gasteiger partial charge < -0.3 is 5.11 Å². The molecule has 0 heterocycles. The lowest BCUT2D eigenvalue weighted by molar-refractivity contribution is 0.0700. The molecular formula is C14H26O. The minimum absolute atomic E-state index is 0.126. The first-order valence-corrected chi connectivity index (χ1v) is 6.24. The molecule has 0 bridgehead atoms. The molecule has 0 amide bonds. The third kappa shape index (κ3) is 2.63. The summed E-state index contributed by atoms with van der Waals surface area (Å²) < 4.78 is 0. The molecule has 1 N–H and O–H groups in total. The quantitative estimate of drug-likeness (QED) is 0.700. The van der Waals surface area contributed by atoms with Crippen LogP contribution in [-0.4, -0.2) is 11.2 Å². The van der Waals surface area contributed by atoms with Gasteiger partial charge in [0.25, 0.3) is 0 Å². The Kier molecular flexibility index (Phi) is 3.99. The molecule has 0 saturated heterocycles. The largest absolute Gasteiger partial charge is 0.393 e. The van der Waals surface area contributed by atoms with E-state index >= 15 is 0 Å². The van der Waals surface area contributed by atoms with Crippen molar-refractivity contribution in [2.45, 2.75) is 60.0 Å². The van der Waals surface area contributed by atoms with Crippen LogP contribution in [-0.2, 0) is 0 Å². The first kappa shape index (κ1) is 12.8. The predicted octanol–water partition coefficient (Wildman–Crippen LogP) is 3.78. The lowest BCUT2D eigenvalue weighted by Crippen LogP contribution is -2.28. The van der Waals surface area contributed by atoms with Crippen LogP contribution in [0.25, 0.3) is 0 Å². The van der Waals surface area contributed by atoms with Crippen molar-refractivity contribution in [3.8, 4) is 0 Å². The van der Waals surface area contributed by atoms with Gasteiger partial charge in [-0.25, -0.2) is 0 Å². The molecular weight excluding hydrogens is 184 g/mol. The van der Waals surface area contributed by atoms with Crippen LogP contribution in [0.1, 0.15) is 53.9 Å². The molecule has 0 fully saturated rings. The summed E-state index contributed by atoms with van der Waals surface area (Å²) in [5.41, 5.74) is 1.78. The second-order valence-corrected chi connectivity index (χ2v) is 5.73. The Morgan fingerprint density at radius 2 is 2.13 bits per heavy atom. The Labute approximate surface area is 94.6 Å². The first-order valence-electron chi connectivity index (χ1n) is 6.24. The highest BCUT2D eigenvalue weighted by atomic mass is 16.3. The normalized spacial score (nSPS) is 28.7. The van der Waals surface area contributed by atoms with Gasteiger partial charge in [-0.1, -0.05) is 45.8 Å². The minimum atomic E-state index is -0.126. The zero-order chi connectivity index (χ0) is 11.6. The molecule has 88 valence electrons. The van der Waals surface area contributed by atoms with Crippen molar-refractivity contribution in [3.05, 3.63) is 11.6 Å². The monoisotopic (exact) mass is 210 g/mol. The molecule has 1 nitrogen and oxygen atoms in total. The van der Waals surface area contributed by atoms with Gasteiger partial charge in [-0.3, -0.25) is 0 Å². The van der Waals surface area contributed by atoms with Gasteiger partial charge in [-0.15, -0.1) is 0 Å². The number of allylic oxidation sites excluding steroid dienone is 2. The average molecular weight is 210 g/mol. The number of aliphatic hydroxyl groups excluding tert-OH is 1. The maximum Gasteiger partial charge on any atom is 0.0568 e. The Hall–Kier alpha value is -0.300. The molecule has 1 aliphatic carbocycles. The molecule has 3 atom stereocenters. The van der Waals surface area contributed by atoms with Crippen LogP contribution in [0.4, 0.5) is 0 Å². The van der Waals surface area contributed by atoms with Gasteiger partial charge in [-0.05, 0) is 37.0 Å². The molecule has 0 aromatic rings. The van der Waals surface area contributed by atoms with Gasteiger partial charge in [0.05, 0.1) is 6.10 Å². The topological polar surface area (TPSA) is 20.2 Å². The smallest absolute Gasteiger partial charge is 0.0568 e. The summed E-state index contributed by atoms with van der Waals surface area (Å²) in [6, 6.07) is 0. The fraction of sp³-hybridized carbons (Fsp3) is 0.857. The SMILES string of the molecule is CCC(C)C(O)CC1CC=C(C)C1(C)C. The number of hydrogen-bond acceptors (Lipinski definition) is 1. The van der Waals surface area contributed by atoms with E-state index in [9.17, 15) is 5.11 Å². The Balaban J connectivity index is 2.55. The summed E-state index contributed by atoms with van der Waals surface area (Å²) in [7, 11) is 0. The third-order valence-electron chi connectivity index (χ3n) is 4.57. The fourth-order valence-corrected chi connectivity index (χ4v) is 2.39. The van der Waals surface area contributed by atoms with E-state index in [2.05, 4.69) is 40.7 Å². The van der Waals surface area contributed by atoms with Crippen LogP contribution in [0.15, 0.2) is 11.6 Å². The lowest BCUT2D eigenvalue weighted by Gasteiger charge is -2.32. The van der Waals surface area contributed by atoms with Crippen LogP contribution in [0.2, 0.25) is 0 Å². The van der Waals surface area contributed by atoms with Crippen LogP contribution in [0.3, 0.4) is 0 Å². The van der Waals surface area contributed by atoms with E-state index in [1.54, 1.807) is 0 Å². The highest BCUT2D eigenvalue weighted by molar-refractivity contribution is 5.18. The van der Waals surface area contributed by atoms with Gasteiger partial charge in [-0.2, -0.15) is 0 Å². The number of hydrogen-bond donors (Lipinski definition) is 1. The zero-order valence-corrected chi connectivity index (χ0v) is 10.9. The van der Waals surface area contributed by atoms with Crippen LogP contribution >= 0.6 is 0 Å². The van der Waals surface area contributed by atoms with Gasteiger partial charge in [0.2, 0.25) is 0 Å². The van der Waals surface area contributed by atoms with Crippen molar-refractivity contribution in [1.29, 1.82) is 0 Å². The second-order valence-electron chi connectivity index (χ2n) is 5.73. The highest BCUT2D eigenvalue weighted by Gasteiger charge is 2.36. The van der Waals surface area contributed by atoms with Crippen LogP contribution in [0, 0.1) is 17.3 Å². The molecule has 1 heteroatoms. The highest BCUT2D eigenvalue weighted by Crippen LogP contribution is 2.45. The molecule has 3 unspecified atom stereocenters. The van der Waals surface area contributed by atoms with E-state index in [1.807, 2.05) is 0 Å². The number of rotatable bonds is 4. The Morgan fingerprint density at radius 1 is 1.53 bits per heavy atom. The van der Waals surface area contributed by atoms with Crippen molar-refractivity contribution in [1.82, 2.24) is 0 Å². The first-order chi connectivity index (χ1) is 6.89. The summed E-state index contributed by atoms with van der Waals surface area (Å²) in [6.07, 6.45) is 5.38. The van der Waals surface area contributed by atoms with Crippen molar-refractivity contribution < 1.29 is 5.11 Å².